The van der Waals surface area contributed by atoms with Gasteiger partial charge in [-0.25, -0.2) is 0 Å². The van der Waals surface area contributed by atoms with Gasteiger partial charge < -0.3 is 10.2 Å². The topological polar surface area (TPSA) is 15.3 Å². The molecule has 2 nitrogen and oxygen atoms in total. The number of hydrogen-bond donors (Lipinski definition) is 1. The van der Waals surface area contributed by atoms with Crippen LogP contribution in [0, 0.1) is 0 Å². The molecule has 2 heteroatoms. The number of hydrogen-bond acceptors (Lipinski definition) is 2. The first kappa shape index (κ1) is 14.0. The predicted octanol–water partition coefficient (Wildman–Crippen LogP) is 3.03. The van der Waals surface area contributed by atoms with Gasteiger partial charge in [0, 0.05) is 6.04 Å². The van der Waals surface area contributed by atoms with Crippen molar-refractivity contribution in [1.29, 1.82) is 0 Å². The van der Waals surface area contributed by atoms with Gasteiger partial charge in [-0.15, -0.1) is 0 Å². The molecular weight excluding hydrogens is 196 g/mol. The van der Waals surface area contributed by atoms with Crippen molar-refractivity contribution in [3.05, 3.63) is 0 Å². The highest BCUT2D eigenvalue weighted by atomic mass is 15.1. The first-order valence-electron chi connectivity index (χ1n) is 7.32. The fourth-order valence-corrected chi connectivity index (χ4v) is 2.47. The Kier molecular flexibility index (Phi) is 7.87. The average Bonchev–Trinajstić information content (AvgIpc) is 2.33. The molecule has 1 rings (SSSR count). The molecule has 1 aliphatic rings. The van der Waals surface area contributed by atoms with Crippen molar-refractivity contribution < 1.29 is 0 Å². The van der Waals surface area contributed by atoms with Gasteiger partial charge >= 0.3 is 0 Å². The Balaban J connectivity index is 1.98. The Morgan fingerprint density at radius 2 is 1.75 bits per heavy atom. The smallest absolute Gasteiger partial charge is 0.00914 e. The van der Waals surface area contributed by atoms with Crippen molar-refractivity contribution >= 4 is 0 Å². The molecular formula is C14H30N2. The molecule has 0 radical (unpaired) electrons. The summed E-state index contributed by atoms with van der Waals surface area (Å²) < 4.78 is 0. The van der Waals surface area contributed by atoms with E-state index in [-0.39, 0.29) is 0 Å². The molecule has 0 atom stereocenters. The van der Waals surface area contributed by atoms with Crippen LogP contribution in [0.25, 0.3) is 0 Å². The number of unbranched alkanes of at least 4 members (excludes halogenated alkanes) is 3. The van der Waals surface area contributed by atoms with Gasteiger partial charge in [-0.2, -0.15) is 0 Å². The zero-order valence-electron chi connectivity index (χ0n) is 11.3. The van der Waals surface area contributed by atoms with E-state index in [0.29, 0.717) is 0 Å². The number of rotatable bonds is 8. The highest BCUT2D eigenvalue weighted by Crippen LogP contribution is 2.11. The van der Waals surface area contributed by atoms with Gasteiger partial charge in [0.1, 0.15) is 0 Å². The minimum atomic E-state index is 0.798. The molecule has 0 aromatic heterocycles. The maximum absolute atomic E-state index is 3.64. The van der Waals surface area contributed by atoms with Crippen molar-refractivity contribution in [3.8, 4) is 0 Å². The maximum Gasteiger partial charge on any atom is 0.00914 e. The second-order valence-electron chi connectivity index (χ2n) is 5.13. The van der Waals surface area contributed by atoms with Crippen molar-refractivity contribution in [3.63, 3.8) is 0 Å². The first-order chi connectivity index (χ1) is 7.86. The van der Waals surface area contributed by atoms with Crippen molar-refractivity contribution in [2.75, 3.05) is 26.2 Å². The van der Waals surface area contributed by atoms with Crippen LogP contribution < -0.4 is 5.32 Å². The van der Waals surface area contributed by atoms with Gasteiger partial charge in [-0.05, 0) is 51.9 Å². The monoisotopic (exact) mass is 226 g/mol. The van der Waals surface area contributed by atoms with Crippen LogP contribution in [0.3, 0.4) is 0 Å². The van der Waals surface area contributed by atoms with E-state index in [4.69, 9.17) is 0 Å². The van der Waals surface area contributed by atoms with Crippen LogP contribution in [0.4, 0.5) is 0 Å². The SMILES string of the molecule is CCCCCCN1CCC(NCCC)CC1. The lowest BCUT2D eigenvalue weighted by Gasteiger charge is -2.32. The molecule has 0 unspecified atom stereocenters. The maximum atomic E-state index is 3.64. The van der Waals surface area contributed by atoms with Crippen molar-refractivity contribution in [2.45, 2.75) is 64.8 Å². The van der Waals surface area contributed by atoms with E-state index >= 15 is 0 Å². The molecule has 0 spiro atoms. The third-order valence-corrected chi connectivity index (χ3v) is 3.60. The summed E-state index contributed by atoms with van der Waals surface area (Å²) in [5, 5.41) is 3.64. The van der Waals surface area contributed by atoms with Crippen LogP contribution in [0.15, 0.2) is 0 Å². The van der Waals surface area contributed by atoms with Crippen molar-refractivity contribution in [2.24, 2.45) is 0 Å². The Labute approximate surface area is 102 Å². The number of nitrogens with one attached hydrogen (secondary N) is 1. The van der Waals surface area contributed by atoms with Gasteiger partial charge in [0.2, 0.25) is 0 Å². The largest absolute Gasteiger partial charge is 0.314 e. The van der Waals surface area contributed by atoms with E-state index in [1.807, 2.05) is 0 Å². The zero-order valence-corrected chi connectivity index (χ0v) is 11.3. The standard InChI is InChI=1S/C14H30N2/c1-3-5-6-7-11-16-12-8-14(9-13-16)15-10-4-2/h14-15H,3-13H2,1-2H3. The Morgan fingerprint density at radius 1 is 1.00 bits per heavy atom. The second-order valence-corrected chi connectivity index (χ2v) is 5.13. The van der Waals surface area contributed by atoms with Gasteiger partial charge in [0.15, 0.2) is 0 Å². The summed E-state index contributed by atoms with van der Waals surface area (Å²) in [6, 6.07) is 0.798. The highest BCUT2D eigenvalue weighted by Gasteiger charge is 2.17. The van der Waals surface area contributed by atoms with Gasteiger partial charge in [0.05, 0.1) is 0 Å². The second kappa shape index (κ2) is 9.00. The van der Waals surface area contributed by atoms with Crippen LogP contribution >= 0.6 is 0 Å². The molecule has 96 valence electrons. The quantitative estimate of drug-likeness (QED) is 0.640. The molecule has 1 aliphatic heterocycles. The molecule has 0 aromatic rings. The van der Waals surface area contributed by atoms with Gasteiger partial charge in [-0.3, -0.25) is 0 Å². The van der Waals surface area contributed by atoms with E-state index in [0.717, 1.165) is 6.04 Å². The summed E-state index contributed by atoms with van der Waals surface area (Å²) in [6.07, 6.45) is 9.56. The summed E-state index contributed by atoms with van der Waals surface area (Å²) in [6.45, 7) is 9.68. The molecule has 0 bridgehead atoms. The number of likely N-dealkylation sites (tertiary alicyclic amines) is 1. The Morgan fingerprint density at radius 3 is 2.38 bits per heavy atom. The molecule has 0 aromatic carbocycles. The van der Waals surface area contributed by atoms with E-state index in [2.05, 4.69) is 24.1 Å². The molecule has 1 heterocycles. The van der Waals surface area contributed by atoms with E-state index in [1.54, 1.807) is 0 Å². The van der Waals surface area contributed by atoms with Gasteiger partial charge in [-0.1, -0.05) is 33.1 Å². The molecule has 0 aliphatic carbocycles. The summed E-state index contributed by atoms with van der Waals surface area (Å²) in [4.78, 5) is 2.65. The van der Waals surface area contributed by atoms with Crippen molar-refractivity contribution in [1.82, 2.24) is 10.2 Å². The molecule has 0 saturated carbocycles. The van der Waals surface area contributed by atoms with Gasteiger partial charge in [0.25, 0.3) is 0 Å². The lowest BCUT2D eigenvalue weighted by atomic mass is 10.0. The predicted molar refractivity (Wildman–Crippen MR) is 71.9 cm³/mol. The minimum absolute atomic E-state index is 0.798. The summed E-state index contributed by atoms with van der Waals surface area (Å²) in [5.41, 5.74) is 0. The van der Waals surface area contributed by atoms with Crippen LogP contribution in [0.1, 0.15) is 58.8 Å². The Bertz CT molecular complexity index is 151. The molecule has 0 amide bonds. The fraction of sp³-hybridized carbons (Fsp3) is 1.00. The van der Waals surface area contributed by atoms with Crippen LogP contribution in [-0.4, -0.2) is 37.1 Å². The van der Waals surface area contributed by atoms with E-state index < -0.39 is 0 Å². The van der Waals surface area contributed by atoms with Crippen LogP contribution in [0.2, 0.25) is 0 Å². The first-order valence-corrected chi connectivity index (χ1v) is 7.32. The van der Waals surface area contributed by atoms with E-state index in [9.17, 15) is 0 Å². The molecule has 16 heavy (non-hydrogen) atoms. The molecule has 1 N–H and O–H groups in total. The zero-order chi connectivity index (χ0) is 11.6. The molecule has 1 fully saturated rings. The summed E-state index contributed by atoms with van der Waals surface area (Å²) in [5.74, 6) is 0. The lowest BCUT2D eigenvalue weighted by Crippen LogP contribution is -2.42. The summed E-state index contributed by atoms with van der Waals surface area (Å²) in [7, 11) is 0. The minimum Gasteiger partial charge on any atom is -0.314 e. The van der Waals surface area contributed by atoms with E-state index in [1.165, 1.54) is 71.1 Å². The number of nitrogens with zero attached hydrogens (tertiary/aromatic N) is 1. The van der Waals surface area contributed by atoms with Crippen LogP contribution in [-0.2, 0) is 0 Å². The third kappa shape index (κ3) is 5.86. The Hall–Kier alpha value is -0.0800. The lowest BCUT2D eigenvalue weighted by molar-refractivity contribution is 0.194. The van der Waals surface area contributed by atoms with Crippen LogP contribution in [0.5, 0.6) is 0 Å². The highest BCUT2D eigenvalue weighted by molar-refractivity contribution is 4.76. The number of piperidine rings is 1. The normalized spacial score (nSPS) is 19.1. The summed E-state index contributed by atoms with van der Waals surface area (Å²) >= 11 is 0. The third-order valence-electron chi connectivity index (χ3n) is 3.60. The fourth-order valence-electron chi connectivity index (χ4n) is 2.47. The molecule has 1 saturated heterocycles. The average molecular weight is 226 g/mol.